The second kappa shape index (κ2) is 8.74. The van der Waals surface area contributed by atoms with E-state index < -0.39 is 0 Å². The summed E-state index contributed by atoms with van der Waals surface area (Å²) in [6.07, 6.45) is 11.0. The van der Waals surface area contributed by atoms with Crippen molar-refractivity contribution < 1.29 is 14.4 Å². The fourth-order valence-electron chi connectivity index (χ4n) is 1.66. The maximum absolute atomic E-state index is 11.5. The van der Waals surface area contributed by atoms with Crippen molar-refractivity contribution in [1.29, 1.82) is 0 Å². The van der Waals surface area contributed by atoms with Gasteiger partial charge < -0.3 is 0 Å². The molecule has 1 aromatic heterocycles. The lowest BCUT2D eigenvalue weighted by molar-refractivity contribution is -0.869. The van der Waals surface area contributed by atoms with E-state index in [-0.39, 0.29) is 5.97 Å². The van der Waals surface area contributed by atoms with Gasteiger partial charge in [-0.05, 0) is 6.42 Å². The number of aromatic nitrogens is 1. The van der Waals surface area contributed by atoms with Gasteiger partial charge >= 0.3 is 5.97 Å². The Labute approximate surface area is 103 Å². The number of unbranched alkanes of at least 4 members (excludes halogenated alkanes) is 5. The number of pyridine rings is 1. The molecule has 0 unspecified atom stereocenters. The lowest BCUT2D eigenvalue weighted by Crippen LogP contribution is -2.44. The number of rotatable bonds is 8. The van der Waals surface area contributed by atoms with Crippen molar-refractivity contribution in [1.82, 2.24) is 0 Å². The van der Waals surface area contributed by atoms with E-state index in [0.717, 1.165) is 12.8 Å². The summed E-state index contributed by atoms with van der Waals surface area (Å²) in [4.78, 5) is 16.6. The molecule has 1 aromatic rings. The molecule has 0 saturated carbocycles. The largest absolute Gasteiger partial charge is 0.380 e. The van der Waals surface area contributed by atoms with Crippen LogP contribution < -0.4 is 9.57 Å². The van der Waals surface area contributed by atoms with Crippen molar-refractivity contribution in [2.24, 2.45) is 0 Å². The zero-order valence-corrected chi connectivity index (χ0v) is 10.6. The van der Waals surface area contributed by atoms with Crippen LogP contribution in [0.15, 0.2) is 30.6 Å². The minimum Gasteiger partial charge on any atom is -0.245 e. The lowest BCUT2D eigenvalue weighted by Gasteiger charge is -1.99. The van der Waals surface area contributed by atoms with Crippen LogP contribution >= 0.6 is 0 Å². The van der Waals surface area contributed by atoms with Crippen molar-refractivity contribution in [3.8, 4) is 0 Å². The van der Waals surface area contributed by atoms with Crippen LogP contribution in [-0.4, -0.2) is 5.97 Å². The van der Waals surface area contributed by atoms with Gasteiger partial charge in [-0.15, -0.1) is 0 Å². The molecule has 0 aliphatic rings. The third kappa shape index (κ3) is 6.72. The van der Waals surface area contributed by atoms with Crippen LogP contribution in [-0.2, 0) is 4.79 Å². The molecular formula is C14H22NO2+. The fraction of sp³-hybridized carbons (Fsp3) is 0.571. The summed E-state index contributed by atoms with van der Waals surface area (Å²) >= 11 is 0. The quantitative estimate of drug-likeness (QED) is 0.513. The molecule has 0 aliphatic heterocycles. The molecule has 94 valence electrons. The average Bonchev–Trinajstić information content (AvgIpc) is 2.35. The molecule has 0 radical (unpaired) electrons. The van der Waals surface area contributed by atoms with Crippen LogP contribution in [0.25, 0.3) is 0 Å². The van der Waals surface area contributed by atoms with E-state index in [4.69, 9.17) is 4.84 Å². The SMILES string of the molecule is CCCCCCCCC(=O)O[n+]1ccccc1. The van der Waals surface area contributed by atoms with Gasteiger partial charge in [0.25, 0.3) is 0 Å². The zero-order valence-electron chi connectivity index (χ0n) is 10.6. The predicted octanol–water partition coefficient (Wildman–Crippen LogP) is 2.68. The highest BCUT2D eigenvalue weighted by molar-refractivity contribution is 5.68. The number of hydrogen-bond donors (Lipinski definition) is 0. The van der Waals surface area contributed by atoms with E-state index in [9.17, 15) is 4.79 Å². The third-order valence-electron chi connectivity index (χ3n) is 2.63. The smallest absolute Gasteiger partial charge is 0.245 e. The van der Waals surface area contributed by atoms with Crippen LogP contribution in [0.2, 0.25) is 0 Å². The zero-order chi connectivity index (χ0) is 12.3. The Hall–Kier alpha value is -1.38. The number of carbonyl (C=O) groups is 1. The topological polar surface area (TPSA) is 30.2 Å². The summed E-state index contributed by atoms with van der Waals surface area (Å²) in [5.74, 6) is -0.156. The van der Waals surface area contributed by atoms with Gasteiger partial charge in [-0.25, -0.2) is 4.79 Å². The summed E-state index contributed by atoms with van der Waals surface area (Å²) in [7, 11) is 0. The number of hydrogen-bond acceptors (Lipinski definition) is 2. The highest BCUT2D eigenvalue weighted by Gasteiger charge is 2.09. The van der Waals surface area contributed by atoms with Gasteiger partial charge in [0, 0.05) is 16.9 Å². The van der Waals surface area contributed by atoms with Crippen molar-refractivity contribution in [3.63, 3.8) is 0 Å². The Balaban J connectivity index is 2.06. The summed E-state index contributed by atoms with van der Waals surface area (Å²) in [6, 6.07) is 5.55. The van der Waals surface area contributed by atoms with E-state index in [1.54, 1.807) is 12.4 Å². The van der Waals surface area contributed by atoms with Gasteiger partial charge in [-0.2, -0.15) is 4.84 Å². The van der Waals surface area contributed by atoms with E-state index >= 15 is 0 Å². The molecule has 0 atom stereocenters. The first-order valence-electron chi connectivity index (χ1n) is 6.50. The molecular weight excluding hydrogens is 214 g/mol. The number of nitrogens with zero attached hydrogens (tertiary/aromatic N) is 1. The Bertz CT molecular complexity index is 311. The van der Waals surface area contributed by atoms with Crippen molar-refractivity contribution in [3.05, 3.63) is 30.6 Å². The molecule has 1 rings (SSSR count). The van der Waals surface area contributed by atoms with E-state index in [1.807, 2.05) is 18.2 Å². The van der Waals surface area contributed by atoms with Crippen molar-refractivity contribution in [2.45, 2.75) is 51.9 Å². The van der Waals surface area contributed by atoms with Crippen LogP contribution in [0.5, 0.6) is 0 Å². The molecule has 0 amide bonds. The van der Waals surface area contributed by atoms with Crippen molar-refractivity contribution >= 4 is 5.97 Å². The van der Waals surface area contributed by atoms with E-state index in [2.05, 4.69) is 6.92 Å². The fourth-order valence-corrected chi connectivity index (χ4v) is 1.66. The average molecular weight is 236 g/mol. The molecule has 0 aromatic carbocycles. The monoisotopic (exact) mass is 236 g/mol. The van der Waals surface area contributed by atoms with E-state index in [1.165, 1.54) is 30.4 Å². The lowest BCUT2D eigenvalue weighted by atomic mass is 10.1. The predicted molar refractivity (Wildman–Crippen MR) is 66.2 cm³/mol. The molecule has 0 aliphatic carbocycles. The van der Waals surface area contributed by atoms with Crippen LogP contribution in [0.4, 0.5) is 0 Å². The summed E-state index contributed by atoms with van der Waals surface area (Å²) in [6.45, 7) is 2.20. The minimum atomic E-state index is -0.156. The number of carbonyl (C=O) groups excluding carboxylic acids is 1. The van der Waals surface area contributed by atoms with Gasteiger partial charge in [0.1, 0.15) is 0 Å². The van der Waals surface area contributed by atoms with Gasteiger partial charge in [0.05, 0.1) is 6.42 Å². The Morgan fingerprint density at radius 3 is 2.35 bits per heavy atom. The molecule has 3 heteroatoms. The molecule has 3 nitrogen and oxygen atoms in total. The highest BCUT2D eigenvalue weighted by atomic mass is 16.7. The molecule has 0 spiro atoms. The molecule has 1 heterocycles. The van der Waals surface area contributed by atoms with Crippen molar-refractivity contribution in [2.75, 3.05) is 0 Å². The third-order valence-corrected chi connectivity index (χ3v) is 2.63. The molecule has 0 saturated heterocycles. The first-order valence-corrected chi connectivity index (χ1v) is 6.50. The minimum absolute atomic E-state index is 0.156. The second-order valence-electron chi connectivity index (χ2n) is 4.22. The maximum atomic E-state index is 11.5. The standard InChI is InChI=1S/C14H22NO2/c1-2-3-4-5-6-8-11-14(16)17-15-12-9-7-10-13-15/h7,9-10,12-13H,2-6,8,11H2,1H3/q+1. The highest BCUT2D eigenvalue weighted by Crippen LogP contribution is 2.06. The second-order valence-corrected chi connectivity index (χ2v) is 4.22. The first kappa shape index (κ1) is 13.7. The molecule has 0 fully saturated rings. The maximum Gasteiger partial charge on any atom is 0.380 e. The molecule has 0 N–H and O–H groups in total. The van der Waals surface area contributed by atoms with Gasteiger partial charge in [-0.3, -0.25) is 0 Å². The Morgan fingerprint density at radius 2 is 1.65 bits per heavy atom. The Kier molecular flexibility index (Phi) is 7.03. The molecule has 17 heavy (non-hydrogen) atoms. The molecule has 0 bridgehead atoms. The Morgan fingerprint density at radius 1 is 1.00 bits per heavy atom. The van der Waals surface area contributed by atoms with Gasteiger partial charge in [0.2, 0.25) is 12.4 Å². The van der Waals surface area contributed by atoms with Crippen LogP contribution in [0.3, 0.4) is 0 Å². The van der Waals surface area contributed by atoms with E-state index in [0.29, 0.717) is 6.42 Å². The first-order chi connectivity index (χ1) is 8.33. The van der Waals surface area contributed by atoms with Gasteiger partial charge in [0.15, 0.2) is 0 Å². The van der Waals surface area contributed by atoms with Crippen LogP contribution in [0, 0.1) is 0 Å². The van der Waals surface area contributed by atoms with Crippen LogP contribution in [0.1, 0.15) is 51.9 Å². The normalized spacial score (nSPS) is 10.2. The summed E-state index contributed by atoms with van der Waals surface area (Å²) in [5, 5.41) is 0. The van der Waals surface area contributed by atoms with Gasteiger partial charge in [-0.1, -0.05) is 45.1 Å². The summed E-state index contributed by atoms with van der Waals surface area (Å²) < 4.78 is 1.44. The summed E-state index contributed by atoms with van der Waals surface area (Å²) in [5.41, 5.74) is 0.